The van der Waals surface area contributed by atoms with Crippen LogP contribution in [0, 0.1) is 6.92 Å². The molecule has 7 nitrogen and oxygen atoms in total. The fourth-order valence-corrected chi connectivity index (χ4v) is 6.05. The molecular weight excluding hydrogens is 602 g/mol. The second kappa shape index (κ2) is 13.5. The van der Waals surface area contributed by atoms with Crippen LogP contribution in [0.5, 0.6) is 0 Å². The van der Waals surface area contributed by atoms with Crippen LogP contribution in [-0.2, 0) is 26.2 Å². The summed E-state index contributed by atoms with van der Waals surface area (Å²) in [7, 11) is -4.18. The summed E-state index contributed by atoms with van der Waals surface area (Å²) in [6.45, 7) is 6.90. The standard InChI is InChI=1S/C29H33BrClN3O4S/c1-5-21(3)32-29(36)22(4)33(18-23-9-8-10-24(30)17-23)28(35)19-34(27-12-7-6-11-26(27)31)39(37,38)25-15-13-20(2)14-16-25/h6-17,21-22H,5,18-19H2,1-4H3,(H,32,36)/t21-,22+/m0/s1. The van der Waals surface area contributed by atoms with Crippen molar-refractivity contribution in [3.63, 3.8) is 0 Å². The molecule has 0 saturated carbocycles. The summed E-state index contributed by atoms with van der Waals surface area (Å²) in [6.07, 6.45) is 0.729. The van der Waals surface area contributed by atoms with Gasteiger partial charge in [0.15, 0.2) is 0 Å². The van der Waals surface area contributed by atoms with Crippen LogP contribution in [-0.4, -0.2) is 43.8 Å². The molecule has 0 spiro atoms. The zero-order valence-corrected chi connectivity index (χ0v) is 25.6. The number of rotatable bonds is 11. The maximum atomic E-state index is 13.9. The summed E-state index contributed by atoms with van der Waals surface area (Å²) in [5, 5.41) is 3.10. The Hall–Kier alpha value is -2.88. The van der Waals surface area contributed by atoms with E-state index in [4.69, 9.17) is 11.6 Å². The average molecular weight is 635 g/mol. The van der Waals surface area contributed by atoms with Crippen molar-refractivity contribution in [1.82, 2.24) is 10.2 Å². The lowest BCUT2D eigenvalue weighted by Crippen LogP contribution is -2.52. The third kappa shape index (κ3) is 7.84. The van der Waals surface area contributed by atoms with Gasteiger partial charge in [-0.3, -0.25) is 13.9 Å². The lowest BCUT2D eigenvalue weighted by atomic mass is 10.1. The fraction of sp³-hybridized carbons (Fsp3) is 0.310. The van der Waals surface area contributed by atoms with Gasteiger partial charge in [0.2, 0.25) is 11.8 Å². The molecule has 3 rings (SSSR count). The van der Waals surface area contributed by atoms with E-state index in [-0.39, 0.29) is 34.1 Å². The van der Waals surface area contributed by atoms with E-state index in [1.54, 1.807) is 43.3 Å². The molecule has 0 radical (unpaired) electrons. The van der Waals surface area contributed by atoms with Crippen LogP contribution < -0.4 is 9.62 Å². The normalized spacial score (nSPS) is 12.9. The highest BCUT2D eigenvalue weighted by atomic mass is 79.9. The van der Waals surface area contributed by atoms with E-state index in [2.05, 4.69) is 21.2 Å². The first kappa shape index (κ1) is 30.7. The number of amides is 2. The van der Waals surface area contributed by atoms with E-state index in [1.165, 1.54) is 17.0 Å². The average Bonchev–Trinajstić information content (AvgIpc) is 2.90. The second-order valence-corrected chi connectivity index (χ2v) is 12.6. The van der Waals surface area contributed by atoms with Crippen molar-refractivity contribution in [2.75, 3.05) is 10.8 Å². The van der Waals surface area contributed by atoms with Crippen LogP contribution in [0.25, 0.3) is 0 Å². The summed E-state index contributed by atoms with van der Waals surface area (Å²) < 4.78 is 29.5. The molecule has 0 heterocycles. The van der Waals surface area contributed by atoms with Gasteiger partial charge in [0.25, 0.3) is 10.0 Å². The molecule has 3 aromatic rings. The van der Waals surface area contributed by atoms with E-state index < -0.39 is 28.5 Å². The van der Waals surface area contributed by atoms with Gasteiger partial charge >= 0.3 is 0 Å². The zero-order valence-electron chi connectivity index (χ0n) is 22.4. The van der Waals surface area contributed by atoms with E-state index in [0.717, 1.165) is 26.3 Å². The largest absolute Gasteiger partial charge is 0.352 e. The number of carbonyl (C=O) groups is 2. The molecule has 39 heavy (non-hydrogen) atoms. The molecular formula is C29H33BrClN3O4S. The Bertz CT molecular complexity index is 1420. The van der Waals surface area contributed by atoms with Gasteiger partial charge in [0, 0.05) is 17.1 Å². The highest BCUT2D eigenvalue weighted by molar-refractivity contribution is 9.10. The maximum absolute atomic E-state index is 13.9. The number of anilines is 1. The van der Waals surface area contributed by atoms with Crippen LogP contribution in [0.1, 0.15) is 38.3 Å². The molecule has 0 aliphatic heterocycles. The Balaban J connectivity index is 2.04. The van der Waals surface area contributed by atoms with Gasteiger partial charge in [-0.2, -0.15) is 0 Å². The summed E-state index contributed by atoms with van der Waals surface area (Å²) in [5.74, 6) is -0.865. The summed E-state index contributed by atoms with van der Waals surface area (Å²) in [6, 6.07) is 19.3. The van der Waals surface area contributed by atoms with E-state index in [0.29, 0.717) is 0 Å². The lowest BCUT2D eigenvalue weighted by molar-refractivity contribution is -0.139. The Morgan fingerprint density at radius 2 is 1.67 bits per heavy atom. The van der Waals surface area contributed by atoms with Gasteiger partial charge in [0.1, 0.15) is 12.6 Å². The molecule has 0 aliphatic carbocycles. The molecule has 2 atom stereocenters. The minimum Gasteiger partial charge on any atom is -0.352 e. The second-order valence-electron chi connectivity index (χ2n) is 9.42. The Kier molecular flexibility index (Phi) is 10.6. The number of hydrogen-bond acceptors (Lipinski definition) is 4. The summed E-state index contributed by atoms with van der Waals surface area (Å²) in [4.78, 5) is 28.5. The van der Waals surface area contributed by atoms with E-state index in [1.807, 2.05) is 45.0 Å². The van der Waals surface area contributed by atoms with E-state index >= 15 is 0 Å². The lowest BCUT2D eigenvalue weighted by Gasteiger charge is -2.32. The minimum atomic E-state index is -4.18. The van der Waals surface area contributed by atoms with Crippen LogP contribution in [0.4, 0.5) is 5.69 Å². The van der Waals surface area contributed by atoms with Crippen molar-refractivity contribution in [2.45, 2.75) is 57.6 Å². The number of aryl methyl sites for hydroxylation is 1. The van der Waals surface area contributed by atoms with Gasteiger partial charge in [-0.25, -0.2) is 8.42 Å². The first-order valence-electron chi connectivity index (χ1n) is 12.6. The number of nitrogens with one attached hydrogen (secondary N) is 1. The van der Waals surface area contributed by atoms with Crippen molar-refractivity contribution in [2.24, 2.45) is 0 Å². The minimum absolute atomic E-state index is 0.0296. The van der Waals surface area contributed by atoms with Crippen molar-refractivity contribution < 1.29 is 18.0 Å². The van der Waals surface area contributed by atoms with Crippen LogP contribution in [0.15, 0.2) is 82.2 Å². The smallest absolute Gasteiger partial charge is 0.264 e. The molecule has 208 valence electrons. The van der Waals surface area contributed by atoms with Crippen molar-refractivity contribution in [3.05, 3.63) is 93.4 Å². The molecule has 3 aromatic carbocycles. The topological polar surface area (TPSA) is 86.8 Å². The molecule has 1 N–H and O–H groups in total. The summed E-state index contributed by atoms with van der Waals surface area (Å²) >= 11 is 9.88. The predicted octanol–water partition coefficient (Wildman–Crippen LogP) is 5.94. The number of nitrogens with zero attached hydrogens (tertiary/aromatic N) is 2. The van der Waals surface area contributed by atoms with Gasteiger partial charge in [0.05, 0.1) is 15.6 Å². The first-order chi connectivity index (χ1) is 18.4. The quantitative estimate of drug-likeness (QED) is 0.283. The Labute approximate surface area is 244 Å². The van der Waals surface area contributed by atoms with Crippen LogP contribution >= 0.6 is 27.5 Å². The van der Waals surface area contributed by atoms with Gasteiger partial charge < -0.3 is 10.2 Å². The van der Waals surface area contributed by atoms with Crippen molar-refractivity contribution >= 4 is 55.1 Å². The molecule has 0 aliphatic rings. The Morgan fingerprint density at radius 3 is 2.28 bits per heavy atom. The number of halogens is 2. The molecule has 10 heteroatoms. The predicted molar refractivity (Wildman–Crippen MR) is 159 cm³/mol. The molecule has 0 bridgehead atoms. The SMILES string of the molecule is CC[C@H](C)NC(=O)[C@@H](C)N(Cc1cccc(Br)c1)C(=O)CN(c1ccccc1Cl)S(=O)(=O)c1ccc(C)cc1. The molecule has 0 unspecified atom stereocenters. The number of carbonyl (C=O) groups excluding carboxylic acids is 2. The molecule has 0 saturated heterocycles. The first-order valence-corrected chi connectivity index (χ1v) is 15.2. The number of sulfonamides is 1. The summed E-state index contributed by atoms with van der Waals surface area (Å²) in [5.41, 5.74) is 1.86. The van der Waals surface area contributed by atoms with E-state index in [9.17, 15) is 18.0 Å². The number of benzene rings is 3. The molecule has 2 amide bonds. The van der Waals surface area contributed by atoms with Crippen molar-refractivity contribution in [1.29, 1.82) is 0 Å². The third-order valence-electron chi connectivity index (χ3n) is 6.42. The number of hydrogen-bond donors (Lipinski definition) is 1. The van der Waals surface area contributed by atoms with Crippen LogP contribution in [0.3, 0.4) is 0 Å². The number of para-hydroxylation sites is 1. The highest BCUT2D eigenvalue weighted by Crippen LogP contribution is 2.31. The zero-order chi connectivity index (χ0) is 28.7. The van der Waals surface area contributed by atoms with Gasteiger partial charge in [-0.15, -0.1) is 0 Å². The molecule has 0 fully saturated rings. The van der Waals surface area contributed by atoms with Crippen molar-refractivity contribution in [3.8, 4) is 0 Å². The highest BCUT2D eigenvalue weighted by Gasteiger charge is 2.33. The Morgan fingerprint density at radius 1 is 1.00 bits per heavy atom. The van der Waals surface area contributed by atoms with Gasteiger partial charge in [-0.1, -0.05) is 76.4 Å². The maximum Gasteiger partial charge on any atom is 0.264 e. The third-order valence-corrected chi connectivity index (χ3v) is 9.01. The monoisotopic (exact) mass is 633 g/mol. The fourth-order valence-electron chi connectivity index (χ4n) is 3.88. The van der Waals surface area contributed by atoms with Crippen LogP contribution in [0.2, 0.25) is 5.02 Å². The molecule has 0 aromatic heterocycles. The van der Waals surface area contributed by atoms with Gasteiger partial charge in [-0.05, 0) is 69.2 Å².